The van der Waals surface area contributed by atoms with Crippen LogP contribution in [0.4, 0.5) is 13.2 Å². The summed E-state index contributed by atoms with van der Waals surface area (Å²) in [5.41, 5.74) is 2.32. The van der Waals surface area contributed by atoms with Gasteiger partial charge in [-0.2, -0.15) is 13.2 Å². The largest absolute Gasteiger partial charge is 0.496 e. The highest BCUT2D eigenvalue weighted by Gasteiger charge is 2.44. The Labute approximate surface area is 179 Å². The van der Waals surface area contributed by atoms with Crippen molar-refractivity contribution in [3.63, 3.8) is 0 Å². The van der Waals surface area contributed by atoms with Gasteiger partial charge in [0.25, 0.3) is 0 Å². The summed E-state index contributed by atoms with van der Waals surface area (Å²) < 4.78 is 44.9. The average molecular weight is 486 g/mol. The minimum atomic E-state index is -4.81. The fraction of sp³-hybridized carbons (Fsp3) is 0.381. The van der Waals surface area contributed by atoms with Crippen molar-refractivity contribution in [2.75, 3.05) is 20.2 Å². The molecule has 1 unspecified atom stereocenters. The molecule has 0 N–H and O–H groups in total. The number of ether oxygens (including phenoxy) is 1. The number of benzene rings is 2. The van der Waals surface area contributed by atoms with Crippen molar-refractivity contribution in [3.8, 4) is 5.75 Å². The highest BCUT2D eigenvalue weighted by Crippen LogP contribution is 2.53. The fourth-order valence-corrected chi connectivity index (χ4v) is 6.10. The van der Waals surface area contributed by atoms with Gasteiger partial charge in [0.15, 0.2) is 0 Å². The smallest absolute Gasteiger partial charge is 0.471 e. The predicted octanol–water partition coefficient (Wildman–Crippen LogP) is 5.86. The van der Waals surface area contributed by atoms with Gasteiger partial charge in [-0.25, -0.2) is 0 Å². The molecule has 1 amide bonds. The topological polar surface area (TPSA) is 29.5 Å². The van der Waals surface area contributed by atoms with E-state index in [0.717, 1.165) is 30.5 Å². The Morgan fingerprint density at radius 1 is 1.17 bits per heavy atom. The molecule has 2 heterocycles. The van der Waals surface area contributed by atoms with Crippen molar-refractivity contribution < 1.29 is 22.7 Å². The summed E-state index contributed by atoms with van der Waals surface area (Å²) in [6.45, 7) is 0.246. The van der Waals surface area contributed by atoms with Gasteiger partial charge in [-0.1, -0.05) is 45.9 Å². The van der Waals surface area contributed by atoms with E-state index in [9.17, 15) is 18.0 Å². The van der Waals surface area contributed by atoms with Crippen molar-refractivity contribution >= 4 is 33.6 Å². The zero-order valence-electron chi connectivity index (χ0n) is 15.6. The van der Waals surface area contributed by atoms with Crippen LogP contribution >= 0.6 is 27.7 Å². The van der Waals surface area contributed by atoms with Crippen molar-refractivity contribution in [2.24, 2.45) is 5.92 Å². The van der Waals surface area contributed by atoms with E-state index >= 15 is 0 Å². The molecular formula is C21H19BrF3NO2S. The predicted molar refractivity (Wildman–Crippen MR) is 108 cm³/mol. The number of piperidine rings is 1. The summed E-state index contributed by atoms with van der Waals surface area (Å²) in [6, 6.07) is 12.1. The molecule has 2 aliphatic rings. The van der Waals surface area contributed by atoms with E-state index in [1.165, 1.54) is 5.56 Å². The van der Waals surface area contributed by atoms with Crippen LogP contribution in [-0.2, 0) is 4.79 Å². The minimum absolute atomic E-state index is 0.0626. The van der Waals surface area contributed by atoms with E-state index < -0.39 is 12.1 Å². The van der Waals surface area contributed by atoms with Crippen LogP contribution in [0.5, 0.6) is 5.75 Å². The van der Waals surface area contributed by atoms with Gasteiger partial charge in [0, 0.05) is 28.4 Å². The molecule has 0 saturated carbocycles. The van der Waals surface area contributed by atoms with E-state index in [1.54, 1.807) is 18.9 Å². The first-order valence-electron chi connectivity index (χ1n) is 9.30. The Morgan fingerprint density at radius 2 is 1.90 bits per heavy atom. The number of fused-ring (bicyclic) bond motifs is 2. The van der Waals surface area contributed by atoms with E-state index in [0.29, 0.717) is 12.8 Å². The number of hydrogen-bond donors (Lipinski definition) is 0. The molecule has 1 fully saturated rings. The van der Waals surface area contributed by atoms with Crippen LogP contribution in [0.25, 0.3) is 0 Å². The zero-order chi connectivity index (χ0) is 20.8. The number of nitrogens with zero attached hydrogens (tertiary/aromatic N) is 1. The standard InChI is InChI=1S/C21H19BrF3NO2S/c1-28-16-4-2-3-15-18(14-6-5-13(22)11-17(14)29-19(15)16)12-7-9-26(10-8-12)20(27)21(23,24)25/h2-6,11-12,18H,7-10H2,1H3. The molecule has 2 aromatic carbocycles. The first-order valence-corrected chi connectivity index (χ1v) is 10.9. The molecule has 29 heavy (non-hydrogen) atoms. The number of amides is 1. The lowest BCUT2D eigenvalue weighted by molar-refractivity contribution is -0.186. The summed E-state index contributed by atoms with van der Waals surface area (Å²) in [5, 5.41) is 0. The molecular weight excluding hydrogens is 467 g/mol. The maximum atomic E-state index is 12.8. The van der Waals surface area contributed by atoms with Gasteiger partial charge in [0.1, 0.15) is 5.75 Å². The highest BCUT2D eigenvalue weighted by atomic mass is 79.9. The number of alkyl halides is 3. The number of carbonyl (C=O) groups excluding carboxylic acids is 1. The maximum Gasteiger partial charge on any atom is 0.471 e. The van der Waals surface area contributed by atoms with Gasteiger partial charge in [-0.05, 0) is 48.1 Å². The number of halogens is 4. The van der Waals surface area contributed by atoms with Gasteiger partial charge in [0.2, 0.25) is 0 Å². The second-order valence-electron chi connectivity index (χ2n) is 7.27. The minimum Gasteiger partial charge on any atom is -0.496 e. The Hall–Kier alpha value is -1.67. The van der Waals surface area contributed by atoms with E-state index in [1.807, 2.05) is 18.2 Å². The zero-order valence-corrected chi connectivity index (χ0v) is 18.0. The normalized spacial score (nSPS) is 19.5. The molecule has 0 spiro atoms. The molecule has 1 saturated heterocycles. The maximum absolute atomic E-state index is 12.8. The summed E-state index contributed by atoms with van der Waals surface area (Å²) in [4.78, 5) is 14.7. The second kappa shape index (κ2) is 7.87. The summed E-state index contributed by atoms with van der Waals surface area (Å²) in [6.07, 6.45) is -3.75. The van der Waals surface area contributed by atoms with E-state index in [2.05, 4.69) is 34.1 Å². The van der Waals surface area contributed by atoms with E-state index in [4.69, 9.17) is 4.74 Å². The van der Waals surface area contributed by atoms with Crippen LogP contribution in [0.1, 0.15) is 29.9 Å². The van der Waals surface area contributed by atoms with Gasteiger partial charge in [0.05, 0.1) is 12.0 Å². The van der Waals surface area contributed by atoms with Crippen molar-refractivity contribution in [1.82, 2.24) is 4.90 Å². The fourth-order valence-electron chi connectivity index (χ4n) is 4.30. The Balaban J connectivity index is 1.67. The van der Waals surface area contributed by atoms with Crippen LogP contribution in [0.15, 0.2) is 50.7 Å². The third-order valence-electron chi connectivity index (χ3n) is 5.63. The van der Waals surface area contributed by atoms with Crippen LogP contribution in [0, 0.1) is 5.92 Å². The summed E-state index contributed by atoms with van der Waals surface area (Å²) in [7, 11) is 1.64. The van der Waals surface area contributed by atoms with Crippen LogP contribution in [-0.4, -0.2) is 37.2 Å². The lowest BCUT2D eigenvalue weighted by Gasteiger charge is -2.39. The number of methoxy groups -OCH3 is 1. The monoisotopic (exact) mass is 485 g/mol. The third kappa shape index (κ3) is 3.89. The average Bonchev–Trinajstić information content (AvgIpc) is 2.70. The Morgan fingerprint density at radius 3 is 2.55 bits per heavy atom. The van der Waals surface area contributed by atoms with Gasteiger partial charge in [-0.15, -0.1) is 0 Å². The molecule has 2 aromatic rings. The molecule has 3 nitrogen and oxygen atoms in total. The first-order chi connectivity index (χ1) is 13.8. The lowest BCUT2D eigenvalue weighted by Crippen LogP contribution is -2.46. The number of carbonyl (C=O) groups is 1. The van der Waals surface area contributed by atoms with Gasteiger partial charge >= 0.3 is 12.1 Å². The number of rotatable bonds is 2. The summed E-state index contributed by atoms with van der Waals surface area (Å²) >= 11 is 5.19. The summed E-state index contributed by atoms with van der Waals surface area (Å²) in [5.74, 6) is -0.721. The number of hydrogen-bond acceptors (Lipinski definition) is 3. The van der Waals surface area contributed by atoms with Crippen LogP contribution in [0.3, 0.4) is 0 Å². The third-order valence-corrected chi connectivity index (χ3v) is 7.34. The van der Waals surface area contributed by atoms with Crippen molar-refractivity contribution in [3.05, 3.63) is 52.0 Å². The van der Waals surface area contributed by atoms with Crippen molar-refractivity contribution in [1.29, 1.82) is 0 Å². The first kappa shape index (κ1) is 20.6. The molecule has 8 heteroatoms. The molecule has 4 rings (SSSR count). The molecule has 0 radical (unpaired) electrons. The Kier molecular flexibility index (Phi) is 5.59. The van der Waals surface area contributed by atoms with Gasteiger partial charge < -0.3 is 9.64 Å². The van der Waals surface area contributed by atoms with Crippen molar-refractivity contribution in [2.45, 2.75) is 34.7 Å². The van der Waals surface area contributed by atoms with Crippen LogP contribution in [0.2, 0.25) is 0 Å². The molecule has 1 atom stereocenters. The molecule has 2 aliphatic heterocycles. The van der Waals surface area contributed by atoms with E-state index in [-0.39, 0.29) is 24.9 Å². The highest BCUT2D eigenvalue weighted by molar-refractivity contribution is 9.10. The number of likely N-dealkylation sites (tertiary alicyclic amines) is 1. The SMILES string of the molecule is COc1cccc2c1Sc1cc(Br)ccc1C2C1CCN(C(=O)C(F)(F)F)CC1. The molecule has 0 aromatic heterocycles. The Bertz CT molecular complexity index is 942. The molecule has 154 valence electrons. The second-order valence-corrected chi connectivity index (χ2v) is 9.24. The molecule has 0 aliphatic carbocycles. The van der Waals surface area contributed by atoms with Crippen LogP contribution < -0.4 is 4.74 Å². The van der Waals surface area contributed by atoms with Gasteiger partial charge in [-0.3, -0.25) is 4.79 Å². The lowest BCUT2D eigenvalue weighted by atomic mass is 9.75. The molecule has 0 bridgehead atoms. The quantitative estimate of drug-likeness (QED) is 0.533.